The molecule has 1 fully saturated rings. The first-order valence-corrected chi connectivity index (χ1v) is 8.19. The minimum atomic E-state index is -0.371. The van der Waals surface area contributed by atoms with Crippen molar-refractivity contribution in [2.24, 2.45) is 0 Å². The molecule has 0 unspecified atom stereocenters. The summed E-state index contributed by atoms with van der Waals surface area (Å²) < 4.78 is 0. The monoisotopic (exact) mass is 341 g/mol. The zero-order valence-electron chi connectivity index (χ0n) is 12.1. The lowest BCUT2D eigenvalue weighted by atomic mass is 10.2. The van der Waals surface area contributed by atoms with Gasteiger partial charge in [0.25, 0.3) is 5.70 Å². The first kappa shape index (κ1) is 16.8. The molecule has 118 valence electrons. The molecule has 0 saturated carbocycles. The van der Waals surface area contributed by atoms with Crippen LogP contribution in [0.2, 0.25) is 5.15 Å². The van der Waals surface area contributed by atoms with E-state index in [0.717, 1.165) is 17.9 Å². The lowest BCUT2D eigenvalue weighted by Crippen LogP contribution is -2.20. The Bertz CT molecular complexity index is 604. The van der Waals surface area contributed by atoms with E-state index >= 15 is 0 Å². The SMILES string of the molecule is CC(=O)CC/C(=C1\SCCN1Cc1ccc(Cl)nc1)[N+](=O)[O-]. The number of Topliss-reactive ketones (excluding diaryl/α,β-unsaturated/α-hetero) is 1. The number of pyridine rings is 1. The van der Waals surface area contributed by atoms with Crippen LogP contribution >= 0.6 is 23.4 Å². The number of carbonyl (C=O) groups is 1. The average Bonchev–Trinajstić information content (AvgIpc) is 2.89. The molecule has 2 rings (SSSR count). The number of aromatic nitrogens is 1. The van der Waals surface area contributed by atoms with E-state index < -0.39 is 0 Å². The summed E-state index contributed by atoms with van der Waals surface area (Å²) in [6.45, 7) is 2.73. The van der Waals surface area contributed by atoms with Gasteiger partial charge in [0.15, 0.2) is 0 Å². The molecule has 0 aliphatic carbocycles. The van der Waals surface area contributed by atoms with Crippen LogP contribution in [0.25, 0.3) is 0 Å². The van der Waals surface area contributed by atoms with E-state index in [-0.39, 0.29) is 29.2 Å². The second-order valence-corrected chi connectivity index (χ2v) is 6.44. The van der Waals surface area contributed by atoms with E-state index in [2.05, 4.69) is 4.98 Å². The molecule has 8 heteroatoms. The minimum absolute atomic E-state index is 0.0450. The van der Waals surface area contributed by atoms with Gasteiger partial charge < -0.3 is 9.69 Å². The van der Waals surface area contributed by atoms with Gasteiger partial charge in [0.1, 0.15) is 16.0 Å². The molecule has 0 atom stereocenters. The molecule has 1 aromatic heterocycles. The van der Waals surface area contributed by atoms with E-state index in [4.69, 9.17) is 11.6 Å². The molecule has 0 aromatic carbocycles. The maximum Gasteiger partial charge on any atom is 0.276 e. The summed E-state index contributed by atoms with van der Waals surface area (Å²) in [5.41, 5.74) is 1.07. The van der Waals surface area contributed by atoms with Crippen molar-refractivity contribution in [3.8, 4) is 0 Å². The lowest BCUT2D eigenvalue weighted by Gasteiger charge is -2.19. The lowest BCUT2D eigenvalue weighted by molar-refractivity contribution is -0.429. The highest BCUT2D eigenvalue weighted by Crippen LogP contribution is 2.33. The number of ketones is 1. The Morgan fingerprint density at radius 3 is 2.86 bits per heavy atom. The van der Waals surface area contributed by atoms with Crippen molar-refractivity contribution in [3.05, 3.63) is 49.9 Å². The second kappa shape index (κ2) is 7.60. The Morgan fingerprint density at radius 2 is 2.27 bits per heavy atom. The Labute approximate surface area is 137 Å². The molecule has 0 spiro atoms. The van der Waals surface area contributed by atoms with Gasteiger partial charge in [-0.25, -0.2) is 4.98 Å². The number of rotatable bonds is 6. The zero-order valence-corrected chi connectivity index (χ0v) is 13.7. The highest BCUT2D eigenvalue weighted by molar-refractivity contribution is 8.03. The third-order valence-electron chi connectivity index (χ3n) is 3.23. The molecule has 1 aliphatic heterocycles. The van der Waals surface area contributed by atoms with Crippen LogP contribution in [0.5, 0.6) is 0 Å². The predicted octanol–water partition coefficient (Wildman–Crippen LogP) is 3.10. The number of halogens is 1. The standard InChI is InChI=1S/C14H16ClN3O3S/c1-10(19)2-4-12(18(20)21)14-17(6-7-22-14)9-11-3-5-13(15)16-8-11/h3,5,8H,2,4,6-7,9H2,1H3/b14-12+. The van der Waals surface area contributed by atoms with Crippen molar-refractivity contribution in [1.29, 1.82) is 0 Å². The number of thioether (sulfide) groups is 1. The van der Waals surface area contributed by atoms with Crippen LogP contribution in [0.4, 0.5) is 0 Å². The summed E-state index contributed by atoms with van der Waals surface area (Å²) in [6, 6.07) is 3.56. The quantitative estimate of drug-likeness (QED) is 0.449. The van der Waals surface area contributed by atoms with Gasteiger partial charge in [-0.05, 0) is 18.6 Å². The van der Waals surface area contributed by atoms with E-state index in [1.165, 1.54) is 18.7 Å². The number of allylic oxidation sites excluding steroid dienone is 1. The fraction of sp³-hybridized carbons (Fsp3) is 0.429. The van der Waals surface area contributed by atoms with Gasteiger partial charge >= 0.3 is 0 Å². The van der Waals surface area contributed by atoms with Crippen LogP contribution < -0.4 is 0 Å². The maximum atomic E-state index is 11.3. The second-order valence-electron chi connectivity index (χ2n) is 4.97. The van der Waals surface area contributed by atoms with Crippen molar-refractivity contribution >= 4 is 29.1 Å². The number of carbonyl (C=O) groups excluding carboxylic acids is 1. The number of nitrogens with zero attached hydrogens (tertiary/aromatic N) is 3. The summed E-state index contributed by atoms with van der Waals surface area (Å²) >= 11 is 7.23. The zero-order chi connectivity index (χ0) is 16.1. The van der Waals surface area contributed by atoms with Crippen LogP contribution in [0.1, 0.15) is 25.3 Å². The fourth-order valence-electron chi connectivity index (χ4n) is 2.15. The topological polar surface area (TPSA) is 76.3 Å². The molecule has 1 aliphatic rings. The van der Waals surface area contributed by atoms with Gasteiger partial charge in [0, 0.05) is 37.9 Å². The predicted molar refractivity (Wildman–Crippen MR) is 86.1 cm³/mol. The highest BCUT2D eigenvalue weighted by Gasteiger charge is 2.28. The molecule has 0 bridgehead atoms. The average molecular weight is 342 g/mol. The molecule has 6 nitrogen and oxygen atoms in total. The third-order valence-corrected chi connectivity index (χ3v) is 4.61. The van der Waals surface area contributed by atoms with Gasteiger partial charge in [-0.15, -0.1) is 11.8 Å². The summed E-state index contributed by atoms with van der Waals surface area (Å²) in [7, 11) is 0. The third kappa shape index (κ3) is 4.45. The smallest absolute Gasteiger partial charge is 0.276 e. The molecule has 22 heavy (non-hydrogen) atoms. The van der Waals surface area contributed by atoms with E-state index in [1.807, 2.05) is 11.0 Å². The largest absolute Gasteiger partial charge is 0.356 e. The maximum absolute atomic E-state index is 11.3. The Hall–Kier alpha value is -1.60. The fourth-order valence-corrected chi connectivity index (χ4v) is 3.45. The Kier molecular flexibility index (Phi) is 5.79. The van der Waals surface area contributed by atoms with Gasteiger partial charge in [-0.2, -0.15) is 0 Å². The van der Waals surface area contributed by atoms with E-state index in [1.54, 1.807) is 12.3 Å². The van der Waals surface area contributed by atoms with Crippen molar-refractivity contribution in [2.45, 2.75) is 26.3 Å². The minimum Gasteiger partial charge on any atom is -0.356 e. The molecular weight excluding hydrogens is 326 g/mol. The van der Waals surface area contributed by atoms with Crippen LogP contribution in [0.15, 0.2) is 29.1 Å². The van der Waals surface area contributed by atoms with Gasteiger partial charge in [-0.1, -0.05) is 17.7 Å². The first-order valence-electron chi connectivity index (χ1n) is 6.82. The first-order chi connectivity index (χ1) is 10.5. The van der Waals surface area contributed by atoms with Crippen LogP contribution in [0.3, 0.4) is 0 Å². The Morgan fingerprint density at radius 1 is 1.50 bits per heavy atom. The molecule has 0 amide bonds. The van der Waals surface area contributed by atoms with E-state index in [0.29, 0.717) is 16.7 Å². The number of nitro groups is 1. The van der Waals surface area contributed by atoms with E-state index in [9.17, 15) is 14.9 Å². The summed E-state index contributed by atoms with van der Waals surface area (Å²) in [5, 5.41) is 12.4. The summed E-state index contributed by atoms with van der Waals surface area (Å²) in [4.78, 5) is 28.0. The molecule has 0 N–H and O–H groups in total. The number of hydrogen-bond acceptors (Lipinski definition) is 6. The van der Waals surface area contributed by atoms with Crippen molar-refractivity contribution < 1.29 is 9.72 Å². The van der Waals surface area contributed by atoms with Crippen LogP contribution in [-0.4, -0.2) is 32.9 Å². The highest BCUT2D eigenvalue weighted by atomic mass is 35.5. The summed E-state index contributed by atoms with van der Waals surface area (Å²) in [6.07, 6.45) is 2.03. The molecular formula is C14H16ClN3O3S. The molecule has 1 saturated heterocycles. The van der Waals surface area contributed by atoms with Crippen molar-refractivity contribution in [1.82, 2.24) is 9.88 Å². The van der Waals surface area contributed by atoms with Gasteiger partial charge in [0.05, 0.1) is 4.92 Å². The van der Waals surface area contributed by atoms with Crippen molar-refractivity contribution in [2.75, 3.05) is 12.3 Å². The number of hydrogen-bond donors (Lipinski definition) is 0. The van der Waals surface area contributed by atoms with Gasteiger partial charge in [-0.3, -0.25) is 10.1 Å². The summed E-state index contributed by atoms with van der Waals surface area (Å²) in [5.74, 6) is 0.754. The normalized spacial score (nSPS) is 16.7. The van der Waals surface area contributed by atoms with Crippen LogP contribution in [0, 0.1) is 10.1 Å². The van der Waals surface area contributed by atoms with Crippen LogP contribution in [-0.2, 0) is 11.3 Å². The van der Waals surface area contributed by atoms with Gasteiger partial charge in [0.2, 0.25) is 0 Å². The molecule has 1 aromatic rings. The molecule has 2 heterocycles. The Balaban J connectivity index is 2.18. The molecule has 0 radical (unpaired) electrons. The van der Waals surface area contributed by atoms with Crippen molar-refractivity contribution in [3.63, 3.8) is 0 Å².